The molecule has 0 spiro atoms. The third-order valence-electron chi connectivity index (χ3n) is 5.98. The molecule has 1 amide bonds. The lowest BCUT2D eigenvalue weighted by atomic mass is 9.89. The first-order chi connectivity index (χ1) is 13.6. The van der Waals surface area contributed by atoms with Crippen molar-refractivity contribution in [2.75, 3.05) is 37.0 Å². The zero-order valence-corrected chi connectivity index (χ0v) is 18.4. The van der Waals surface area contributed by atoms with Crippen molar-refractivity contribution in [2.45, 2.75) is 52.4 Å². The predicted molar refractivity (Wildman–Crippen MR) is 117 cm³/mol. The number of aromatic nitrogens is 2. The Morgan fingerprint density at radius 2 is 2.04 bits per heavy atom. The zero-order valence-electron chi connectivity index (χ0n) is 16.8. The van der Waals surface area contributed by atoms with Gasteiger partial charge in [0.25, 0.3) is 0 Å². The quantitative estimate of drug-likeness (QED) is 0.685. The Balaban J connectivity index is 1.70. The molecule has 2 aliphatic rings. The number of alkyl halides is 1. The number of anilines is 1. The molecule has 1 fully saturated rings. The van der Waals surface area contributed by atoms with Crippen LogP contribution in [0.15, 0.2) is 0 Å². The lowest BCUT2D eigenvalue weighted by Gasteiger charge is -2.35. The highest BCUT2D eigenvalue weighted by Gasteiger charge is 2.28. The number of rotatable bonds is 5. The summed E-state index contributed by atoms with van der Waals surface area (Å²) in [6.45, 7) is 7.60. The number of hydrogen-bond acceptors (Lipinski definition) is 5. The summed E-state index contributed by atoms with van der Waals surface area (Å²) in [4.78, 5) is 28.8. The van der Waals surface area contributed by atoms with Crippen molar-refractivity contribution >= 4 is 44.9 Å². The van der Waals surface area contributed by atoms with Crippen molar-refractivity contribution in [3.05, 3.63) is 16.3 Å². The Kier molecular flexibility index (Phi) is 6.07. The highest BCUT2D eigenvalue weighted by molar-refractivity contribution is 7.19. The van der Waals surface area contributed by atoms with Crippen LogP contribution in [0.3, 0.4) is 0 Å². The number of unbranched alkanes of at least 4 members (excludes halogenated alkanes) is 1. The molecule has 0 radical (unpaired) electrons. The largest absolute Gasteiger partial charge is 0.352 e. The summed E-state index contributed by atoms with van der Waals surface area (Å²) in [5.41, 5.74) is 1.48. The Labute approximate surface area is 176 Å². The highest BCUT2D eigenvalue weighted by atomic mass is 35.5. The maximum Gasteiger partial charge on any atom is 0.237 e. The predicted octanol–water partition coefficient (Wildman–Crippen LogP) is 4.05. The van der Waals surface area contributed by atoms with Gasteiger partial charge in [-0.25, -0.2) is 9.97 Å². The van der Waals surface area contributed by atoms with E-state index in [0.717, 1.165) is 67.6 Å². The highest BCUT2D eigenvalue weighted by Crippen LogP contribution is 2.41. The summed E-state index contributed by atoms with van der Waals surface area (Å²) in [6.07, 6.45) is 6.74. The maximum atomic E-state index is 11.9. The van der Waals surface area contributed by atoms with Crippen LogP contribution in [0.4, 0.5) is 5.82 Å². The molecule has 1 saturated heterocycles. The number of hydrogen-bond donors (Lipinski definition) is 0. The minimum atomic E-state index is 0.0275. The van der Waals surface area contributed by atoms with Crippen LogP contribution in [-0.2, 0) is 24.1 Å². The van der Waals surface area contributed by atoms with Crippen molar-refractivity contribution in [1.29, 1.82) is 0 Å². The smallest absolute Gasteiger partial charge is 0.237 e. The molecule has 0 N–H and O–H groups in total. The van der Waals surface area contributed by atoms with E-state index in [4.69, 9.17) is 21.6 Å². The Bertz CT molecular complexity index is 860. The number of carbonyl (C=O) groups is 1. The Morgan fingerprint density at radius 1 is 1.25 bits per heavy atom. The first kappa shape index (κ1) is 19.9. The number of nitrogens with zero attached hydrogens (tertiary/aromatic N) is 4. The molecule has 1 atom stereocenters. The van der Waals surface area contributed by atoms with Crippen molar-refractivity contribution < 1.29 is 4.79 Å². The van der Waals surface area contributed by atoms with Crippen LogP contribution in [-0.4, -0.2) is 52.8 Å². The van der Waals surface area contributed by atoms with Gasteiger partial charge in [-0.2, -0.15) is 0 Å². The molecule has 3 heterocycles. The number of halogens is 1. The number of thiophene rings is 1. The molecule has 0 saturated carbocycles. The number of fused-ring (bicyclic) bond motifs is 3. The Hall–Kier alpha value is -1.40. The van der Waals surface area contributed by atoms with Gasteiger partial charge in [0.2, 0.25) is 5.91 Å². The van der Waals surface area contributed by atoms with Crippen molar-refractivity contribution in [3.8, 4) is 0 Å². The summed E-state index contributed by atoms with van der Waals surface area (Å²) in [5, 5.41) is 1.28. The number of carbonyl (C=O) groups excluding carboxylic acids is 1. The van der Waals surface area contributed by atoms with Crippen LogP contribution in [0.5, 0.6) is 0 Å². The standard InChI is InChI=1S/C21H29ClN4OS/c1-3-4-5-17-23-20(26-10-8-25(9-11-26)18(27)13-22)19-15-7-6-14(2)12-16(15)28-21(19)24-17/h14H,3-13H2,1-2H3/t14-/m1/s1. The minimum Gasteiger partial charge on any atom is -0.352 e. The van der Waals surface area contributed by atoms with E-state index >= 15 is 0 Å². The van der Waals surface area contributed by atoms with Crippen LogP contribution in [0.1, 0.15) is 49.4 Å². The van der Waals surface area contributed by atoms with Crippen molar-refractivity contribution in [2.24, 2.45) is 5.92 Å². The number of amides is 1. The van der Waals surface area contributed by atoms with Gasteiger partial charge in [-0.15, -0.1) is 22.9 Å². The van der Waals surface area contributed by atoms with Gasteiger partial charge in [-0.05, 0) is 37.2 Å². The van der Waals surface area contributed by atoms with Gasteiger partial charge >= 0.3 is 0 Å². The van der Waals surface area contributed by atoms with E-state index in [-0.39, 0.29) is 11.8 Å². The van der Waals surface area contributed by atoms with E-state index in [1.807, 2.05) is 16.2 Å². The summed E-state index contributed by atoms with van der Waals surface area (Å²) in [5.74, 6) is 2.91. The first-order valence-corrected chi connectivity index (χ1v) is 11.9. The van der Waals surface area contributed by atoms with E-state index < -0.39 is 0 Å². The second-order valence-electron chi connectivity index (χ2n) is 8.10. The van der Waals surface area contributed by atoms with E-state index in [9.17, 15) is 4.79 Å². The fraction of sp³-hybridized carbons (Fsp3) is 0.667. The lowest BCUT2D eigenvalue weighted by molar-refractivity contribution is -0.128. The van der Waals surface area contributed by atoms with E-state index in [2.05, 4.69) is 18.7 Å². The topological polar surface area (TPSA) is 49.3 Å². The molecule has 28 heavy (non-hydrogen) atoms. The molecular formula is C21H29ClN4OS. The summed E-state index contributed by atoms with van der Waals surface area (Å²) < 4.78 is 0. The number of aryl methyl sites for hydroxylation is 2. The summed E-state index contributed by atoms with van der Waals surface area (Å²) >= 11 is 7.62. The third-order valence-corrected chi connectivity index (χ3v) is 7.36. The normalized spacial score (nSPS) is 19.9. The summed E-state index contributed by atoms with van der Waals surface area (Å²) in [7, 11) is 0. The average Bonchev–Trinajstić information content (AvgIpc) is 3.08. The molecule has 152 valence electrons. The fourth-order valence-electron chi connectivity index (χ4n) is 4.29. The molecule has 0 bridgehead atoms. The number of piperazine rings is 1. The van der Waals surface area contributed by atoms with E-state index in [1.54, 1.807) is 0 Å². The molecule has 0 aromatic carbocycles. The molecule has 4 rings (SSSR count). The van der Waals surface area contributed by atoms with Gasteiger partial charge in [0, 0.05) is 37.5 Å². The van der Waals surface area contributed by atoms with Gasteiger partial charge in [0.1, 0.15) is 22.4 Å². The molecular weight excluding hydrogens is 392 g/mol. The van der Waals surface area contributed by atoms with Crippen LogP contribution in [0.2, 0.25) is 0 Å². The monoisotopic (exact) mass is 420 g/mol. The molecule has 1 aliphatic heterocycles. The molecule has 2 aromatic heterocycles. The molecule has 7 heteroatoms. The van der Waals surface area contributed by atoms with Crippen LogP contribution in [0, 0.1) is 5.92 Å². The van der Waals surface area contributed by atoms with Gasteiger partial charge in [0.05, 0.1) is 5.39 Å². The Morgan fingerprint density at radius 3 is 2.75 bits per heavy atom. The molecule has 0 unspecified atom stereocenters. The lowest BCUT2D eigenvalue weighted by Crippen LogP contribution is -2.49. The molecule has 1 aliphatic carbocycles. The SMILES string of the molecule is CCCCc1nc(N2CCN(C(=O)CCl)CC2)c2c3c(sc2n1)C[C@H](C)CC3. The molecule has 2 aromatic rings. The zero-order chi connectivity index (χ0) is 19.7. The van der Waals surface area contributed by atoms with Gasteiger partial charge in [-0.3, -0.25) is 4.79 Å². The second kappa shape index (κ2) is 8.54. The van der Waals surface area contributed by atoms with Crippen molar-refractivity contribution in [3.63, 3.8) is 0 Å². The van der Waals surface area contributed by atoms with Crippen LogP contribution in [0.25, 0.3) is 10.2 Å². The van der Waals surface area contributed by atoms with Crippen LogP contribution < -0.4 is 4.90 Å². The van der Waals surface area contributed by atoms with Gasteiger partial charge in [0.15, 0.2) is 0 Å². The molecule has 5 nitrogen and oxygen atoms in total. The summed E-state index contributed by atoms with van der Waals surface area (Å²) in [6, 6.07) is 0. The van der Waals surface area contributed by atoms with Gasteiger partial charge in [-0.1, -0.05) is 20.3 Å². The van der Waals surface area contributed by atoms with E-state index in [0.29, 0.717) is 13.1 Å². The van der Waals surface area contributed by atoms with Crippen molar-refractivity contribution in [1.82, 2.24) is 14.9 Å². The average molecular weight is 421 g/mol. The van der Waals surface area contributed by atoms with E-state index in [1.165, 1.54) is 22.2 Å². The third kappa shape index (κ3) is 3.86. The maximum absolute atomic E-state index is 11.9. The minimum absolute atomic E-state index is 0.0275. The van der Waals surface area contributed by atoms with Gasteiger partial charge < -0.3 is 9.80 Å². The van der Waals surface area contributed by atoms with Crippen LogP contribution >= 0.6 is 22.9 Å². The first-order valence-electron chi connectivity index (χ1n) is 10.5. The second-order valence-corrected chi connectivity index (χ2v) is 9.45. The fourth-order valence-corrected chi connectivity index (χ4v) is 5.86.